The molecular formula is C19H31N. The van der Waals surface area contributed by atoms with Gasteiger partial charge in [-0.25, -0.2) is 0 Å². The molecule has 0 saturated heterocycles. The molecule has 0 heterocycles. The maximum absolute atomic E-state index is 3.64. The summed E-state index contributed by atoms with van der Waals surface area (Å²) < 4.78 is 0. The monoisotopic (exact) mass is 273 g/mol. The van der Waals surface area contributed by atoms with Gasteiger partial charge in [0.1, 0.15) is 0 Å². The maximum atomic E-state index is 3.64. The van der Waals surface area contributed by atoms with Crippen LogP contribution in [0, 0.1) is 5.41 Å². The minimum Gasteiger partial charge on any atom is -0.312 e. The van der Waals surface area contributed by atoms with Crippen LogP contribution in [0.1, 0.15) is 64.2 Å². The first-order chi connectivity index (χ1) is 9.25. The van der Waals surface area contributed by atoms with Crippen LogP contribution in [0.4, 0.5) is 0 Å². The van der Waals surface area contributed by atoms with Gasteiger partial charge in [-0.2, -0.15) is 0 Å². The summed E-state index contributed by atoms with van der Waals surface area (Å²) in [6, 6.07) is 7.16. The lowest BCUT2D eigenvalue weighted by Crippen LogP contribution is -2.42. The van der Waals surface area contributed by atoms with E-state index in [0.717, 1.165) is 6.54 Å². The van der Waals surface area contributed by atoms with Crippen LogP contribution >= 0.6 is 0 Å². The molecule has 0 aliphatic heterocycles. The van der Waals surface area contributed by atoms with Crippen molar-refractivity contribution in [3.05, 3.63) is 34.9 Å². The Morgan fingerprint density at radius 3 is 2.40 bits per heavy atom. The first kappa shape index (κ1) is 15.6. The third-order valence-corrected chi connectivity index (χ3v) is 4.35. The molecule has 1 heteroatoms. The largest absolute Gasteiger partial charge is 0.312 e. The molecule has 0 aromatic heterocycles. The zero-order valence-corrected chi connectivity index (χ0v) is 14.0. The number of nitrogens with one attached hydrogen (secondary N) is 1. The van der Waals surface area contributed by atoms with Crippen molar-refractivity contribution in [2.45, 2.75) is 72.3 Å². The number of benzene rings is 1. The van der Waals surface area contributed by atoms with E-state index in [1.165, 1.54) is 37.7 Å². The molecule has 1 aliphatic carbocycles. The lowest BCUT2D eigenvalue weighted by atomic mass is 9.85. The highest BCUT2D eigenvalue weighted by Gasteiger charge is 2.21. The van der Waals surface area contributed by atoms with Gasteiger partial charge >= 0.3 is 0 Å². The molecule has 1 nitrogen and oxygen atoms in total. The minimum atomic E-state index is 0.213. The van der Waals surface area contributed by atoms with Gasteiger partial charge in [0.2, 0.25) is 0 Å². The smallest absolute Gasteiger partial charge is 0.00967 e. The van der Waals surface area contributed by atoms with Gasteiger partial charge in [0.25, 0.3) is 0 Å². The third kappa shape index (κ3) is 4.63. The Morgan fingerprint density at radius 1 is 1.00 bits per heavy atom. The molecule has 2 rings (SSSR count). The van der Waals surface area contributed by atoms with Gasteiger partial charge in [-0.15, -0.1) is 0 Å². The van der Waals surface area contributed by atoms with Crippen molar-refractivity contribution >= 4 is 0 Å². The van der Waals surface area contributed by atoms with Crippen LogP contribution in [-0.4, -0.2) is 12.1 Å². The van der Waals surface area contributed by atoms with E-state index in [4.69, 9.17) is 0 Å². The van der Waals surface area contributed by atoms with Crippen molar-refractivity contribution in [3.63, 3.8) is 0 Å². The molecular weight excluding hydrogens is 242 g/mol. The van der Waals surface area contributed by atoms with Crippen molar-refractivity contribution in [2.24, 2.45) is 5.41 Å². The molecule has 0 fully saturated rings. The van der Waals surface area contributed by atoms with Crippen LogP contribution in [0.3, 0.4) is 0 Å². The molecule has 112 valence electrons. The first-order valence-electron chi connectivity index (χ1n) is 8.11. The Bertz CT molecular complexity index is 451. The molecule has 0 unspecified atom stereocenters. The summed E-state index contributed by atoms with van der Waals surface area (Å²) in [7, 11) is 0. The predicted octanol–water partition coefficient (Wildman–Crippen LogP) is 4.52. The standard InChI is InChI=1S/C19H31N/c1-18(2,3)20-14-19(4,5)12-11-15-9-10-16-7-6-8-17(16)13-15/h9-10,13,20H,6-8,11-12,14H2,1-5H3. The van der Waals surface area contributed by atoms with Crippen LogP contribution in [0.25, 0.3) is 0 Å². The predicted molar refractivity (Wildman–Crippen MR) is 88.3 cm³/mol. The van der Waals surface area contributed by atoms with E-state index in [-0.39, 0.29) is 5.54 Å². The van der Waals surface area contributed by atoms with Crippen LogP contribution < -0.4 is 5.32 Å². The molecule has 0 amide bonds. The topological polar surface area (TPSA) is 12.0 Å². The molecule has 1 aromatic rings. The normalized spacial score (nSPS) is 15.4. The van der Waals surface area contributed by atoms with Gasteiger partial charge in [-0.3, -0.25) is 0 Å². The Hall–Kier alpha value is -0.820. The van der Waals surface area contributed by atoms with Gasteiger partial charge in [0, 0.05) is 12.1 Å². The molecule has 1 N–H and O–H groups in total. The Labute approximate surface area is 125 Å². The molecule has 0 saturated carbocycles. The number of aryl methyl sites for hydroxylation is 3. The summed E-state index contributed by atoms with van der Waals surface area (Å²) in [6.07, 6.45) is 6.37. The molecule has 0 spiro atoms. The second-order valence-electron chi connectivity index (χ2n) is 8.22. The average molecular weight is 273 g/mol. The maximum Gasteiger partial charge on any atom is 0.00967 e. The fourth-order valence-corrected chi connectivity index (χ4v) is 2.86. The second-order valence-corrected chi connectivity index (χ2v) is 8.22. The van der Waals surface area contributed by atoms with E-state index >= 15 is 0 Å². The highest BCUT2D eigenvalue weighted by atomic mass is 14.9. The summed E-state index contributed by atoms with van der Waals surface area (Å²) in [4.78, 5) is 0. The van der Waals surface area contributed by atoms with Crippen LogP contribution in [0.5, 0.6) is 0 Å². The lowest BCUT2D eigenvalue weighted by Gasteiger charge is -2.30. The summed E-state index contributed by atoms with van der Waals surface area (Å²) in [5.74, 6) is 0. The second kappa shape index (κ2) is 5.89. The first-order valence-corrected chi connectivity index (χ1v) is 8.11. The third-order valence-electron chi connectivity index (χ3n) is 4.35. The van der Waals surface area contributed by atoms with Crippen LogP contribution in [-0.2, 0) is 19.3 Å². The van der Waals surface area contributed by atoms with Crippen LogP contribution in [0.15, 0.2) is 18.2 Å². The Kier molecular flexibility index (Phi) is 4.59. The van der Waals surface area contributed by atoms with E-state index in [0.29, 0.717) is 5.41 Å². The number of rotatable bonds is 5. The minimum absolute atomic E-state index is 0.213. The fraction of sp³-hybridized carbons (Fsp3) is 0.684. The molecule has 0 radical (unpaired) electrons. The van der Waals surface area contributed by atoms with Crippen molar-refractivity contribution in [1.29, 1.82) is 0 Å². The zero-order chi connectivity index (χ0) is 14.8. The molecule has 20 heavy (non-hydrogen) atoms. The summed E-state index contributed by atoms with van der Waals surface area (Å²) >= 11 is 0. The van der Waals surface area contributed by atoms with Crippen LogP contribution in [0.2, 0.25) is 0 Å². The Balaban J connectivity index is 1.87. The van der Waals surface area contributed by atoms with Crippen molar-refractivity contribution < 1.29 is 0 Å². The van der Waals surface area contributed by atoms with Gasteiger partial charge in [0.05, 0.1) is 0 Å². The zero-order valence-electron chi connectivity index (χ0n) is 14.0. The summed E-state index contributed by atoms with van der Waals surface area (Å²) in [6.45, 7) is 12.6. The summed E-state index contributed by atoms with van der Waals surface area (Å²) in [5, 5.41) is 3.64. The van der Waals surface area contributed by atoms with E-state index in [1.54, 1.807) is 11.1 Å². The van der Waals surface area contributed by atoms with E-state index in [1.807, 2.05) is 0 Å². The van der Waals surface area contributed by atoms with Gasteiger partial charge in [-0.1, -0.05) is 32.0 Å². The highest BCUT2D eigenvalue weighted by Crippen LogP contribution is 2.26. The van der Waals surface area contributed by atoms with Gasteiger partial charge in [0.15, 0.2) is 0 Å². The lowest BCUT2D eigenvalue weighted by molar-refractivity contribution is 0.273. The number of hydrogen-bond acceptors (Lipinski definition) is 1. The van der Waals surface area contributed by atoms with Gasteiger partial charge in [-0.05, 0) is 75.0 Å². The number of fused-ring (bicyclic) bond motifs is 1. The SMILES string of the molecule is CC(C)(CCc1ccc2c(c1)CCC2)CNC(C)(C)C. The van der Waals surface area contributed by atoms with Crippen molar-refractivity contribution in [3.8, 4) is 0 Å². The fourth-order valence-electron chi connectivity index (χ4n) is 2.86. The van der Waals surface area contributed by atoms with E-state index in [9.17, 15) is 0 Å². The molecule has 0 bridgehead atoms. The quantitative estimate of drug-likeness (QED) is 0.831. The van der Waals surface area contributed by atoms with E-state index < -0.39 is 0 Å². The Morgan fingerprint density at radius 2 is 1.70 bits per heavy atom. The van der Waals surface area contributed by atoms with Gasteiger partial charge < -0.3 is 5.32 Å². The average Bonchev–Trinajstić information content (AvgIpc) is 2.81. The summed E-state index contributed by atoms with van der Waals surface area (Å²) in [5.41, 5.74) is 5.28. The van der Waals surface area contributed by atoms with E-state index in [2.05, 4.69) is 58.1 Å². The van der Waals surface area contributed by atoms with Crippen molar-refractivity contribution in [2.75, 3.05) is 6.54 Å². The highest BCUT2D eigenvalue weighted by molar-refractivity contribution is 5.35. The van der Waals surface area contributed by atoms with Crippen molar-refractivity contribution in [1.82, 2.24) is 5.32 Å². The molecule has 0 atom stereocenters. The molecule has 1 aromatic carbocycles. The molecule has 1 aliphatic rings. The number of hydrogen-bond donors (Lipinski definition) is 1.